The van der Waals surface area contributed by atoms with Gasteiger partial charge in [-0.2, -0.15) is 0 Å². The van der Waals surface area contributed by atoms with Crippen molar-refractivity contribution in [2.75, 3.05) is 0 Å². The van der Waals surface area contributed by atoms with Crippen LogP contribution in [0, 0.1) is 34.5 Å². The van der Waals surface area contributed by atoms with Crippen molar-refractivity contribution in [3.8, 4) is 0 Å². The predicted molar refractivity (Wildman–Crippen MR) is 82.6 cm³/mol. The summed E-state index contributed by atoms with van der Waals surface area (Å²) in [6.07, 6.45) is 12.0. The summed E-state index contributed by atoms with van der Waals surface area (Å²) >= 11 is 0. The highest BCUT2D eigenvalue weighted by molar-refractivity contribution is 5.97. The Labute approximate surface area is 128 Å². The summed E-state index contributed by atoms with van der Waals surface area (Å²) in [4.78, 5) is 12.3. The van der Waals surface area contributed by atoms with Crippen LogP contribution in [-0.2, 0) is 4.79 Å². The molecule has 21 heavy (non-hydrogen) atoms. The average molecular weight is 288 g/mol. The number of ketones is 1. The molecule has 116 valence electrons. The number of rotatable bonds is 0. The quantitative estimate of drug-likeness (QED) is 0.737. The van der Waals surface area contributed by atoms with E-state index in [1.807, 2.05) is 6.08 Å². The first-order valence-electron chi connectivity index (χ1n) is 8.86. The van der Waals surface area contributed by atoms with E-state index in [2.05, 4.69) is 19.9 Å². The van der Waals surface area contributed by atoms with Crippen molar-refractivity contribution in [3.05, 3.63) is 12.2 Å². The van der Waals surface area contributed by atoms with Gasteiger partial charge in [-0.15, -0.1) is 0 Å². The molecular formula is C19H28O2. The molecule has 0 amide bonds. The lowest BCUT2D eigenvalue weighted by Crippen LogP contribution is -2.54. The summed E-state index contributed by atoms with van der Waals surface area (Å²) in [5.74, 6) is 3.01. The first kappa shape index (κ1) is 14.0. The molecule has 1 N–H and O–H groups in total. The van der Waals surface area contributed by atoms with Crippen LogP contribution < -0.4 is 0 Å². The zero-order valence-corrected chi connectivity index (χ0v) is 13.3. The van der Waals surface area contributed by atoms with Crippen LogP contribution in [0.15, 0.2) is 12.2 Å². The molecular weight excluding hydrogens is 260 g/mol. The van der Waals surface area contributed by atoms with Crippen molar-refractivity contribution in [3.63, 3.8) is 0 Å². The minimum absolute atomic E-state index is 0.0681. The third-order valence-corrected chi connectivity index (χ3v) is 7.91. The van der Waals surface area contributed by atoms with E-state index in [1.54, 1.807) is 0 Å². The number of carbonyl (C=O) groups is 1. The van der Waals surface area contributed by atoms with E-state index in [4.69, 9.17) is 0 Å². The van der Waals surface area contributed by atoms with Crippen LogP contribution in [0.4, 0.5) is 0 Å². The standard InChI is InChI=1S/C19H28O2/c1-18-9-7-13(20)11-12(18)3-4-14-15-5-6-17(21)19(15,2)10-8-16(14)18/h5-6,12-16,20H,3-4,7-11H2,1-2H3/t12-,13-,14-,15-,16?,18-,19-/m0/s1. The number of hydrogen-bond donors (Lipinski definition) is 1. The summed E-state index contributed by atoms with van der Waals surface area (Å²) in [6.45, 7) is 4.69. The van der Waals surface area contributed by atoms with Gasteiger partial charge in [0.2, 0.25) is 0 Å². The third kappa shape index (κ3) is 1.78. The number of allylic oxidation sites excluding steroid dienone is 2. The molecule has 2 nitrogen and oxygen atoms in total. The normalized spacial score (nSPS) is 55.8. The van der Waals surface area contributed by atoms with Gasteiger partial charge in [-0.3, -0.25) is 4.79 Å². The second-order valence-corrected chi connectivity index (χ2v) is 8.68. The van der Waals surface area contributed by atoms with Gasteiger partial charge in [0.15, 0.2) is 5.78 Å². The minimum Gasteiger partial charge on any atom is -0.393 e. The zero-order chi connectivity index (χ0) is 14.8. The molecule has 4 aliphatic carbocycles. The molecule has 2 heteroatoms. The monoisotopic (exact) mass is 288 g/mol. The Morgan fingerprint density at radius 3 is 2.76 bits per heavy atom. The SMILES string of the molecule is C[C@]12CCC3[C@@H](CC[C@H]4C[C@@H](O)CC[C@]34C)[C@@H]1C=CC2=O. The molecule has 4 aliphatic rings. The van der Waals surface area contributed by atoms with Crippen LogP contribution in [0.2, 0.25) is 0 Å². The molecule has 0 aliphatic heterocycles. The van der Waals surface area contributed by atoms with Crippen molar-refractivity contribution in [1.82, 2.24) is 0 Å². The Morgan fingerprint density at radius 2 is 1.95 bits per heavy atom. The molecule has 0 spiro atoms. The second kappa shape index (κ2) is 4.44. The summed E-state index contributed by atoms with van der Waals surface area (Å²) in [7, 11) is 0. The molecule has 0 saturated heterocycles. The summed E-state index contributed by atoms with van der Waals surface area (Å²) in [6, 6.07) is 0. The van der Waals surface area contributed by atoms with E-state index < -0.39 is 0 Å². The molecule has 0 aromatic carbocycles. The minimum atomic E-state index is -0.0987. The topological polar surface area (TPSA) is 37.3 Å². The van der Waals surface area contributed by atoms with Crippen molar-refractivity contribution >= 4 is 5.78 Å². The lowest BCUT2D eigenvalue weighted by Gasteiger charge is -2.59. The number of aliphatic hydroxyl groups excluding tert-OH is 1. The van der Waals surface area contributed by atoms with Gasteiger partial charge in [0.1, 0.15) is 0 Å². The lowest BCUT2D eigenvalue weighted by atomic mass is 9.45. The Hall–Kier alpha value is -0.630. The molecule has 0 bridgehead atoms. The maximum atomic E-state index is 12.3. The largest absolute Gasteiger partial charge is 0.393 e. The Morgan fingerprint density at radius 1 is 1.14 bits per heavy atom. The summed E-state index contributed by atoms with van der Waals surface area (Å²) < 4.78 is 0. The van der Waals surface area contributed by atoms with E-state index in [0.717, 1.165) is 25.2 Å². The predicted octanol–water partition coefficient (Wildman–Crippen LogP) is 3.74. The molecule has 0 heterocycles. The fourth-order valence-electron chi connectivity index (χ4n) is 6.51. The molecule has 0 aromatic heterocycles. The van der Waals surface area contributed by atoms with E-state index in [-0.39, 0.29) is 11.5 Å². The number of aliphatic hydroxyl groups is 1. The maximum Gasteiger partial charge on any atom is 0.161 e. The van der Waals surface area contributed by atoms with Crippen molar-refractivity contribution in [2.45, 2.75) is 64.9 Å². The van der Waals surface area contributed by atoms with E-state index >= 15 is 0 Å². The Balaban J connectivity index is 1.65. The van der Waals surface area contributed by atoms with Crippen LogP contribution in [0.1, 0.15) is 58.8 Å². The van der Waals surface area contributed by atoms with Gasteiger partial charge in [-0.1, -0.05) is 19.9 Å². The number of fused-ring (bicyclic) bond motifs is 5. The van der Waals surface area contributed by atoms with E-state index in [1.165, 1.54) is 25.7 Å². The summed E-state index contributed by atoms with van der Waals surface area (Å²) in [5, 5.41) is 10.0. The van der Waals surface area contributed by atoms with Gasteiger partial charge in [-0.05, 0) is 80.1 Å². The van der Waals surface area contributed by atoms with Gasteiger partial charge in [0.25, 0.3) is 0 Å². The van der Waals surface area contributed by atoms with Gasteiger partial charge in [0.05, 0.1) is 6.10 Å². The van der Waals surface area contributed by atoms with Crippen LogP contribution in [-0.4, -0.2) is 17.0 Å². The van der Waals surface area contributed by atoms with Crippen LogP contribution in [0.25, 0.3) is 0 Å². The van der Waals surface area contributed by atoms with Crippen molar-refractivity contribution in [2.24, 2.45) is 34.5 Å². The van der Waals surface area contributed by atoms with Crippen molar-refractivity contribution in [1.29, 1.82) is 0 Å². The van der Waals surface area contributed by atoms with Gasteiger partial charge < -0.3 is 5.11 Å². The zero-order valence-electron chi connectivity index (χ0n) is 13.3. The summed E-state index contributed by atoms with van der Waals surface area (Å²) in [5.41, 5.74) is 0.307. The Kier molecular flexibility index (Phi) is 2.96. The smallest absolute Gasteiger partial charge is 0.161 e. The fourth-order valence-corrected chi connectivity index (χ4v) is 6.51. The average Bonchev–Trinajstić information content (AvgIpc) is 2.76. The highest BCUT2D eigenvalue weighted by Gasteiger charge is 2.58. The van der Waals surface area contributed by atoms with Crippen LogP contribution in [0.3, 0.4) is 0 Å². The van der Waals surface area contributed by atoms with Crippen LogP contribution in [0.5, 0.6) is 0 Å². The van der Waals surface area contributed by atoms with E-state index in [0.29, 0.717) is 29.0 Å². The molecule has 1 unspecified atom stereocenters. The molecule has 0 radical (unpaired) electrons. The van der Waals surface area contributed by atoms with Crippen LogP contribution >= 0.6 is 0 Å². The molecule has 0 aromatic rings. The van der Waals surface area contributed by atoms with Gasteiger partial charge >= 0.3 is 0 Å². The highest BCUT2D eigenvalue weighted by atomic mass is 16.3. The first-order valence-corrected chi connectivity index (χ1v) is 8.86. The third-order valence-electron chi connectivity index (χ3n) is 7.91. The fraction of sp³-hybridized carbons (Fsp3) is 0.842. The lowest BCUT2D eigenvalue weighted by molar-refractivity contribution is -0.139. The number of carbonyl (C=O) groups excluding carboxylic acids is 1. The van der Waals surface area contributed by atoms with Gasteiger partial charge in [0, 0.05) is 5.41 Å². The van der Waals surface area contributed by atoms with E-state index in [9.17, 15) is 9.90 Å². The maximum absolute atomic E-state index is 12.3. The molecule has 3 fully saturated rings. The molecule has 3 saturated carbocycles. The molecule has 7 atom stereocenters. The van der Waals surface area contributed by atoms with Crippen molar-refractivity contribution < 1.29 is 9.90 Å². The first-order chi connectivity index (χ1) is 9.95. The molecule has 4 rings (SSSR count). The highest BCUT2D eigenvalue weighted by Crippen LogP contribution is 2.64. The second-order valence-electron chi connectivity index (χ2n) is 8.68. The number of hydrogen-bond acceptors (Lipinski definition) is 2. The van der Waals surface area contributed by atoms with Gasteiger partial charge in [-0.25, -0.2) is 0 Å². The Bertz CT molecular complexity index is 496.